The Morgan fingerprint density at radius 1 is 0.402 bits per heavy atom. The highest BCUT2D eigenvalue weighted by Gasteiger charge is 2.44. The van der Waals surface area contributed by atoms with Crippen LogP contribution in [0.5, 0.6) is 0 Å². The maximum absolute atomic E-state index is 11.2. The molecule has 2 aliphatic rings. The van der Waals surface area contributed by atoms with Crippen LogP contribution in [0, 0.1) is 6.92 Å². The number of fused-ring (bicyclic) bond motifs is 9. The molecule has 0 atom stereocenters. The molecule has 1 heterocycles. The molecule has 10 aromatic rings. The number of benzene rings is 9. The molecule has 0 saturated carbocycles. The quantitative estimate of drug-likeness (QED) is 0.0423. The van der Waals surface area contributed by atoms with Gasteiger partial charge in [-0.05, 0) is 190 Å². The average molecular weight is 1220 g/mol. The van der Waals surface area contributed by atoms with Crippen LogP contribution in [0.15, 0.2) is 194 Å². The molecule has 6 nitrogen and oxygen atoms in total. The third-order valence-corrected chi connectivity index (χ3v) is 20.8. The predicted molar refractivity (Wildman–Crippen MR) is 386 cm³/mol. The summed E-state index contributed by atoms with van der Waals surface area (Å²) < 4.78 is 2.52. The molecule has 0 fully saturated rings. The van der Waals surface area contributed by atoms with Crippen molar-refractivity contribution >= 4 is 50.8 Å². The lowest BCUT2D eigenvalue weighted by molar-refractivity contribution is -0.138. The lowest BCUT2D eigenvalue weighted by Gasteiger charge is -2.33. The number of aromatic nitrogens is 1. The highest BCUT2D eigenvalue weighted by atomic mass is 16.4. The Morgan fingerprint density at radius 3 is 1.41 bits per heavy atom. The molecule has 1 aromatic heterocycles. The first-order chi connectivity index (χ1) is 44.9. The first kappa shape index (κ1) is 63.7. The van der Waals surface area contributed by atoms with Crippen molar-refractivity contribution in [2.45, 2.75) is 193 Å². The van der Waals surface area contributed by atoms with E-state index in [-0.39, 0.29) is 23.7 Å². The Morgan fingerprint density at radius 2 is 0.837 bits per heavy atom. The molecule has 0 unspecified atom stereocenters. The maximum atomic E-state index is 11.2. The van der Waals surface area contributed by atoms with Crippen LogP contribution in [0.25, 0.3) is 72.0 Å². The molecular formula is C86H94N2O4. The number of nitrogens with zero attached hydrogens (tertiary/aromatic N) is 2. The smallest absolute Gasteiger partial charge is 0.303 e. The summed E-state index contributed by atoms with van der Waals surface area (Å²) in [5.74, 6) is -0.967. The largest absolute Gasteiger partial charge is 0.481 e. The summed E-state index contributed by atoms with van der Waals surface area (Å²) in [6.07, 6.45) is 22.1. The third kappa shape index (κ3) is 13.0. The molecule has 0 saturated heterocycles. The number of hydrogen-bond donors (Lipinski definition) is 2. The maximum Gasteiger partial charge on any atom is 0.303 e. The number of anilines is 3. The SMILES string of the molecule is CCCC1(CCC)c2cc(C)ccc2-c2ccc(-c3ccc(N(c4ccc(-c5ccc6c7ccccc7n(-c7ccc8c(c7)C(CCCCCCCCCC(=O)O)(CCCCCCCCCC(=O)O)c7ccccc7-8)c6c5)cc4)c4ccc(C(C)C)cc4)cc3)cc21. The molecule has 6 heteroatoms. The van der Waals surface area contributed by atoms with Crippen LogP contribution in [-0.4, -0.2) is 26.7 Å². The zero-order valence-corrected chi connectivity index (χ0v) is 55.2. The van der Waals surface area contributed by atoms with E-state index >= 15 is 0 Å². The second-order valence-electron chi connectivity index (χ2n) is 27.2. The van der Waals surface area contributed by atoms with Crippen molar-refractivity contribution in [1.29, 1.82) is 0 Å². The average Bonchev–Trinajstić information content (AvgIpc) is 1.57. The lowest BCUT2D eigenvalue weighted by atomic mass is 9.70. The monoisotopic (exact) mass is 1220 g/mol. The second-order valence-corrected chi connectivity index (χ2v) is 27.2. The summed E-state index contributed by atoms with van der Waals surface area (Å²) in [5.41, 5.74) is 25.7. The van der Waals surface area contributed by atoms with E-state index in [4.69, 9.17) is 0 Å². The van der Waals surface area contributed by atoms with Crippen LogP contribution in [0.2, 0.25) is 0 Å². The van der Waals surface area contributed by atoms with E-state index in [0.717, 1.165) is 151 Å². The molecule has 0 amide bonds. The zero-order valence-electron chi connectivity index (χ0n) is 55.2. The van der Waals surface area contributed by atoms with E-state index in [0.29, 0.717) is 5.92 Å². The van der Waals surface area contributed by atoms with Gasteiger partial charge in [0, 0.05) is 57.2 Å². The minimum absolute atomic E-state index is 0.0290. The van der Waals surface area contributed by atoms with E-state index in [1.54, 1.807) is 0 Å². The minimum Gasteiger partial charge on any atom is -0.481 e. The molecule has 12 rings (SSSR count). The first-order valence-corrected chi connectivity index (χ1v) is 35.0. The highest BCUT2D eigenvalue weighted by Crippen LogP contribution is 2.57. The number of unbranched alkanes of at least 4 members (excludes halogenated alkanes) is 12. The zero-order chi connectivity index (χ0) is 63.8. The van der Waals surface area contributed by atoms with Crippen LogP contribution in [0.1, 0.15) is 208 Å². The van der Waals surface area contributed by atoms with Gasteiger partial charge in [-0.25, -0.2) is 0 Å². The minimum atomic E-state index is -0.699. The van der Waals surface area contributed by atoms with Gasteiger partial charge in [0.2, 0.25) is 0 Å². The van der Waals surface area contributed by atoms with Gasteiger partial charge in [0.05, 0.1) is 11.0 Å². The summed E-state index contributed by atoms with van der Waals surface area (Å²) in [5, 5.41) is 20.8. The fourth-order valence-corrected chi connectivity index (χ4v) is 16.2. The van der Waals surface area contributed by atoms with Crippen molar-refractivity contribution in [2.24, 2.45) is 0 Å². The van der Waals surface area contributed by atoms with Crippen molar-refractivity contribution < 1.29 is 19.8 Å². The number of aryl methyl sites for hydroxylation is 1. The van der Waals surface area contributed by atoms with Crippen LogP contribution >= 0.6 is 0 Å². The normalized spacial score (nSPS) is 13.4. The highest BCUT2D eigenvalue weighted by molar-refractivity contribution is 6.10. The predicted octanol–water partition coefficient (Wildman–Crippen LogP) is 24.3. The Balaban J connectivity index is 0.860. The van der Waals surface area contributed by atoms with Crippen molar-refractivity contribution in [1.82, 2.24) is 4.57 Å². The molecule has 0 bridgehead atoms. The summed E-state index contributed by atoms with van der Waals surface area (Å²) in [4.78, 5) is 24.7. The Bertz CT molecular complexity index is 4170. The summed E-state index contributed by atoms with van der Waals surface area (Å²) in [6.45, 7) is 11.4. The van der Waals surface area contributed by atoms with E-state index in [2.05, 4.69) is 238 Å². The first-order valence-electron chi connectivity index (χ1n) is 35.0. The fraction of sp³-hybridized carbons (Fsp3) is 0.349. The van der Waals surface area contributed by atoms with Crippen molar-refractivity contribution in [3.8, 4) is 50.2 Å². The van der Waals surface area contributed by atoms with Gasteiger partial charge < -0.3 is 19.7 Å². The second kappa shape index (κ2) is 28.6. The summed E-state index contributed by atoms with van der Waals surface area (Å²) in [7, 11) is 0. The number of carbonyl (C=O) groups is 2. The molecule has 9 aromatic carbocycles. The number of para-hydroxylation sites is 1. The van der Waals surface area contributed by atoms with Crippen LogP contribution < -0.4 is 4.90 Å². The third-order valence-electron chi connectivity index (χ3n) is 20.8. The summed E-state index contributed by atoms with van der Waals surface area (Å²) >= 11 is 0. The van der Waals surface area contributed by atoms with Gasteiger partial charge >= 0.3 is 11.9 Å². The van der Waals surface area contributed by atoms with Gasteiger partial charge in [0.1, 0.15) is 0 Å². The lowest BCUT2D eigenvalue weighted by Crippen LogP contribution is -2.25. The number of hydrogen-bond acceptors (Lipinski definition) is 3. The molecular weight excluding hydrogens is 1120 g/mol. The van der Waals surface area contributed by atoms with Gasteiger partial charge in [-0.3, -0.25) is 9.59 Å². The number of aliphatic carboxylic acids is 2. The molecule has 0 spiro atoms. The molecule has 472 valence electrons. The van der Waals surface area contributed by atoms with Gasteiger partial charge in [-0.1, -0.05) is 251 Å². The van der Waals surface area contributed by atoms with Crippen LogP contribution in [-0.2, 0) is 20.4 Å². The van der Waals surface area contributed by atoms with Crippen LogP contribution in [0.3, 0.4) is 0 Å². The van der Waals surface area contributed by atoms with Gasteiger partial charge in [0.25, 0.3) is 0 Å². The van der Waals surface area contributed by atoms with Crippen LogP contribution in [0.4, 0.5) is 17.1 Å². The number of carboxylic acids is 2. The fourth-order valence-electron chi connectivity index (χ4n) is 16.2. The van der Waals surface area contributed by atoms with Gasteiger partial charge in [-0.2, -0.15) is 0 Å². The Hall–Kier alpha value is -8.48. The van der Waals surface area contributed by atoms with Gasteiger partial charge in [0.15, 0.2) is 0 Å². The molecule has 0 aliphatic heterocycles. The molecule has 92 heavy (non-hydrogen) atoms. The topological polar surface area (TPSA) is 82.8 Å². The molecule has 2 aliphatic carbocycles. The van der Waals surface area contributed by atoms with Crippen molar-refractivity contribution in [3.05, 3.63) is 228 Å². The van der Waals surface area contributed by atoms with Crippen molar-refractivity contribution in [2.75, 3.05) is 4.90 Å². The molecule has 0 radical (unpaired) electrons. The van der Waals surface area contributed by atoms with E-state index in [9.17, 15) is 19.8 Å². The van der Waals surface area contributed by atoms with E-state index in [1.165, 1.54) is 99.8 Å². The number of carboxylic acid groups (broad SMARTS) is 2. The van der Waals surface area contributed by atoms with E-state index < -0.39 is 11.9 Å². The van der Waals surface area contributed by atoms with Crippen molar-refractivity contribution in [3.63, 3.8) is 0 Å². The standard InChI is InChI=1S/C86H94N2O4/c1-6-52-85(53-7-2)78-56-61(5)32-48-72(78)73-49-39-65(57-79(73)85)63-35-43-68(44-36-63)87(67-41-33-62(34-42-67)60(3)4)69-45-37-64(38-46-69)66-40-50-76-75-27-21-23-29-81(75)88(82(76)58-66)70-47-51-74-71-26-20-22-28-77(71)86(80(74)59-70,54-24-16-12-8-10-14-18-30-83(89)90)55-25-17-13-9-11-15-19-31-84(91)92/h20-23,26-29,32-51,56-60H,6-19,24-25,30-31,52-55H2,1-5H3,(H,89,90)(H,91,92). The van der Waals surface area contributed by atoms with E-state index in [1.807, 2.05) is 0 Å². The molecule has 2 N–H and O–H groups in total. The Labute approximate surface area is 547 Å². The summed E-state index contributed by atoms with van der Waals surface area (Å²) in [6, 6.07) is 74.4. The number of rotatable bonds is 31. The van der Waals surface area contributed by atoms with Gasteiger partial charge in [-0.15, -0.1) is 0 Å². The Kier molecular flexibility index (Phi) is 19.8.